The third-order valence-corrected chi connectivity index (χ3v) is 4.38. The summed E-state index contributed by atoms with van der Waals surface area (Å²) in [5.41, 5.74) is 0. The van der Waals surface area contributed by atoms with Gasteiger partial charge in [0, 0.05) is 12.2 Å². The molecular weight excluding hydrogens is 299 g/mol. The molecule has 1 aromatic rings. The molecule has 0 saturated carbocycles. The van der Waals surface area contributed by atoms with E-state index < -0.39 is 22.2 Å². The van der Waals surface area contributed by atoms with Gasteiger partial charge in [-0.3, -0.25) is 0 Å². The van der Waals surface area contributed by atoms with Gasteiger partial charge in [0.2, 0.25) is 10.0 Å². The topological polar surface area (TPSA) is 79.3 Å². The molecule has 0 aliphatic heterocycles. The van der Waals surface area contributed by atoms with E-state index >= 15 is 0 Å². The Morgan fingerprint density at radius 3 is 2.56 bits per heavy atom. The van der Waals surface area contributed by atoms with Crippen molar-refractivity contribution in [2.45, 2.75) is 37.3 Å². The van der Waals surface area contributed by atoms with Crippen molar-refractivity contribution < 1.29 is 13.5 Å². The van der Waals surface area contributed by atoms with Crippen LogP contribution in [0.3, 0.4) is 0 Å². The molecule has 0 fully saturated rings. The first-order valence-electron chi connectivity index (χ1n) is 5.24. The van der Waals surface area contributed by atoms with E-state index in [1.165, 1.54) is 6.07 Å². The highest BCUT2D eigenvalue weighted by atomic mass is 35.5. The minimum absolute atomic E-state index is 0.0487. The monoisotopic (exact) mass is 312 g/mol. The predicted octanol–water partition coefficient (Wildman–Crippen LogP) is 1.83. The van der Waals surface area contributed by atoms with E-state index in [2.05, 4.69) is 9.71 Å². The summed E-state index contributed by atoms with van der Waals surface area (Å²) in [6, 6.07) is 0.832. The van der Waals surface area contributed by atoms with E-state index in [-0.39, 0.29) is 15.1 Å². The third-order valence-electron chi connectivity index (χ3n) is 2.13. The summed E-state index contributed by atoms with van der Waals surface area (Å²) in [5.74, 6) is 0. The Kier molecular flexibility index (Phi) is 5.36. The van der Waals surface area contributed by atoms with Gasteiger partial charge in [-0.1, -0.05) is 23.2 Å². The largest absolute Gasteiger partial charge is 0.393 e. The highest BCUT2D eigenvalue weighted by Gasteiger charge is 2.19. The summed E-state index contributed by atoms with van der Waals surface area (Å²) in [6.07, 6.45) is 0.856. The van der Waals surface area contributed by atoms with Crippen molar-refractivity contribution >= 4 is 33.2 Å². The Balaban J connectivity index is 2.89. The number of hydrogen-bond acceptors (Lipinski definition) is 4. The van der Waals surface area contributed by atoms with Gasteiger partial charge in [-0.2, -0.15) is 0 Å². The van der Waals surface area contributed by atoms with Crippen LogP contribution in [0.2, 0.25) is 10.2 Å². The lowest BCUT2D eigenvalue weighted by molar-refractivity contribution is 0.175. The van der Waals surface area contributed by atoms with E-state index in [0.717, 1.165) is 6.20 Å². The number of pyridine rings is 1. The highest BCUT2D eigenvalue weighted by Crippen LogP contribution is 2.22. The summed E-state index contributed by atoms with van der Waals surface area (Å²) in [6.45, 7) is 3.25. The number of aromatic nitrogens is 1. The summed E-state index contributed by atoms with van der Waals surface area (Å²) < 4.78 is 26.3. The maximum atomic E-state index is 12.0. The van der Waals surface area contributed by atoms with Gasteiger partial charge in [0.15, 0.2) is 0 Å². The van der Waals surface area contributed by atoms with Crippen LogP contribution in [0.25, 0.3) is 0 Å². The fraction of sp³-hybridized carbons (Fsp3) is 0.500. The Morgan fingerprint density at radius 1 is 1.44 bits per heavy atom. The standard InChI is InChI=1S/C10H14Cl2N2O3S/c1-6(3-7(2)15)14-18(16,17)8-4-9(11)10(12)13-5-8/h4-7,14-15H,3H2,1-2H3. The van der Waals surface area contributed by atoms with Gasteiger partial charge in [-0.15, -0.1) is 0 Å². The van der Waals surface area contributed by atoms with Crippen LogP contribution in [0, 0.1) is 0 Å². The molecule has 1 aromatic heterocycles. The average molecular weight is 313 g/mol. The van der Waals surface area contributed by atoms with Crippen molar-refractivity contribution in [2.75, 3.05) is 0 Å². The second-order valence-corrected chi connectivity index (χ2v) is 6.53. The number of rotatable bonds is 5. The van der Waals surface area contributed by atoms with Crippen LogP contribution in [0.1, 0.15) is 20.3 Å². The first-order valence-corrected chi connectivity index (χ1v) is 7.47. The molecule has 18 heavy (non-hydrogen) atoms. The number of nitrogens with one attached hydrogen (secondary N) is 1. The fourth-order valence-electron chi connectivity index (χ4n) is 1.44. The number of sulfonamides is 1. The Hall–Kier alpha value is -0.400. The molecule has 0 amide bonds. The van der Waals surface area contributed by atoms with Crippen LogP contribution in [-0.2, 0) is 10.0 Å². The molecule has 2 unspecified atom stereocenters. The lowest BCUT2D eigenvalue weighted by Gasteiger charge is -2.15. The van der Waals surface area contributed by atoms with Crippen LogP contribution in [-0.4, -0.2) is 30.7 Å². The van der Waals surface area contributed by atoms with Gasteiger partial charge in [0.25, 0.3) is 0 Å². The molecule has 0 aliphatic carbocycles. The fourth-order valence-corrected chi connectivity index (χ4v) is 3.00. The minimum Gasteiger partial charge on any atom is -0.393 e. The summed E-state index contributed by atoms with van der Waals surface area (Å²) in [7, 11) is -3.71. The molecule has 1 heterocycles. The quantitative estimate of drug-likeness (QED) is 0.813. The van der Waals surface area contributed by atoms with Crippen LogP contribution in [0.5, 0.6) is 0 Å². The zero-order valence-corrected chi connectivity index (χ0v) is 12.2. The molecule has 0 saturated heterocycles. The van der Waals surface area contributed by atoms with Crippen molar-refractivity contribution in [3.05, 3.63) is 22.4 Å². The molecule has 0 aliphatic rings. The van der Waals surface area contributed by atoms with E-state index in [1.54, 1.807) is 13.8 Å². The van der Waals surface area contributed by atoms with Crippen LogP contribution in [0.15, 0.2) is 17.2 Å². The lowest BCUT2D eigenvalue weighted by atomic mass is 10.2. The first kappa shape index (κ1) is 15.7. The minimum atomic E-state index is -3.71. The normalized spacial score (nSPS) is 15.4. The molecule has 5 nitrogen and oxygen atoms in total. The zero-order chi connectivity index (χ0) is 13.9. The van der Waals surface area contributed by atoms with E-state index in [9.17, 15) is 13.5 Å². The van der Waals surface area contributed by atoms with Crippen LogP contribution < -0.4 is 4.72 Å². The molecule has 0 bridgehead atoms. The number of hydrogen-bond donors (Lipinski definition) is 2. The highest BCUT2D eigenvalue weighted by molar-refractivity contribution is 7.89. The molecule has 102 valence electrons. The Bertz CT molecular complexity index is 520. The second kappa shape index (κ2) is 6.16. The predicted molar refractivity (Wildman–Crippen MR) is 70.3 cm³/mol. The van der Waals surface area contributed by atoms with Gasteiger partial charge in [-0.05, 0) is 26.3 Å². The Morgan fingerprint density at radius 2 is 2.06 bits per heavy atom. The number of aliphatic hydroxyl groups is 1. The zero-order valence-electron chi connectivity index (χ0n) is 9.89. The summed E-state index contributed by atoms with van der Waals surface area (Å²) in [4.78, 5) is 3.62. The van der Waals surface area contributed by atoms with Crippen molar-refractivity contribution in [2.24, 2.45) is 0 Å². The second-order valence-electron chi connectivity index (χ2n) is 4.05. The Labute approximate surface area is 116 Å². The van der Waals surface area contributed by atoms with Gasteiger partial charge in [0.1, 0.15) is 10.0 Å². The average Bonchev–Trinajstić information content (AvgIpc) is 2.19. The molecule has 2 atom stereocenters. The third kappa shape index (κ3) is 4.37. The van der Waals surface area contributed by atoms with Crippen LogP contribution >= 0.6 is 23.2 Å². The SMILES string of the molecule is CC(O)CC(C)NS(=O)(=O)c1cnc(Cl)c(Cl)c1. The molecule has 0 radical (unpaired) electrons. The lowest BCUT2D eigenvalue weighted by Crippen LogP contribution is -2.34. The number of halogens is 2. The molecule has 0 spiro atoms. The summed E-state index contributed by atoms with van der Waals surface area (Å²) in [5, 5.41) is 9.31. The molecule has 2 N–H and O–H groups in total. The van der Waals surface area contributed by atoms with E-state index in [1.807, 2.05) is 0 Å². The number of nitrogens with zero attached hydrogens (tertiary/aromatic N) is 1. The first-order chi connectivity index (χ1) is 8.22. The van der Waals surface area contributed by atoms with Crippen molar-refractivity contribution in [3.63, 3.8) is 0 Å². The van der Waals surface area contributed by atoms with Gasteiger partial charge < -0.3 is 5.11 Å². The van der Waals surface area contributed by atoms with Gasteiger partial charge in [-0.25, -0.2) is 18.1 Å². The van der Waals surface area contributed by atoms with E-state index in [4.69, 9.17) is 23.2 Å². The number of aliphatic hydroxyl groups excluding tert-OH is 1. The molecular formula is C10H14Cl2N2O3S. The maximum Gasteiger partial charge on any atom is 0.242 e. The molecule has 8 heteroatoms. The molecule has 0 aromatic carbocycles. The van der Waals surface area contributed by atoms with Crippen molar-refractivity contribution in [1.82, 2.24) is 9.71 Å². The smallest absolute Gasteiger partial charge is 0.242 e. The van der Waals surface area contributed by atoms with E-state index in [0.29, 0.717) is 6.42 Å². The van der Waals surface area contributed by atoms with Gasteiger partial charge in [0.05, 0.1) is 11.1 Å². The molecule has 1 rings (SSSR count). The summed E-state index contributed by atoms with van der Waals surface area (Å²) >= 11 is 11.3. The van der Waals surface area contributed by atoms with Crippen molar-refractivity contribution in [1.29, 1.82) is 0 Å². The van der Waals surface area contributed by atoms with Crippen molar-refractivity contribution in [3.8, 4) is 0 Å². The van der Waals surface area contributed by atoms with Gasteiger partial charge >= 0.3 is 0 Å². The van der Waals surface area contributed by atoms with Crippen LogP contribution in [0.4, 0.5) is 0 Å². The maximum absolute atomic E-state index is 12.0.